The number of methoxy groups -OCH3 is 1. The number of hydrogen-bond acceptors (Lipinski definition) is 3. The molecular formula is C14H22N2O. The van der Waals surface area contributed by atoms with Crippen LogP contribution in [0.25, 0.3) is 0 Å². The SMILES string of the molecule is COc1ccc(C(CCN)N2CCCC2)cc1. The van der Waals surface area contributed by atoms with Gasteiger partial charge in [-0.25, -0.2) is 0 Å². The highest BCUT2D eigenvalue weighted by molar-refractivity contribution is 5.29. The van der Waals surface area contributed by atoms with E-state index in [1.165, 1.54) is 31.5 Å². The summed E-state index contributed by atoms with van der Waals surface area (Å²) >= 11 is 0. The van der Waals surface area contributed by atoms with Crippen LogP contribution in [0.2, 0.25) is 0 Å². The summed E-state index contributed by atoms with van der Waals surface area (Å²) in [5, 5.41) is 0. The van der Waals surface area contributed by atoms with Crippen molar-refractivity contribution in [2.24, 2.45) is 5.73 Å². The fourth-order valence-corrected chi connectivity index (χ4v) is 2.60. The lowest BCUT2D eigenvalue weighted by Crippen LogP contribution is -2.27. The summed E-state index contributed by atoms with van der Waals surface area (Å²) < 4.78 is 5.20. The maximum atomic E-state index is 5.74. The lowest BCUT2D eigenvalue weighted by molar-refractivity contribution is 0.236. The first-order valence-corrected chi connectivity index (χ1v) is 6.43. The predicted octanol–water partition coefficient (Wildman–Crippen LogP) is 2.18. The highest BCUT2D eigenvalue weighted by Crippen LogP contribution is 2.28. The van der Waals surface area contributed by atoms with Crippen molar-refractivity contribution in [3.8, 4) is 5.75 Å². The van der Waals surface area contributed by atoms with E-state index in [0.717, 1.165) is 18.7 Å². The molecule has 1 aliphatic rings. The zero-order valence-corrected chi connectivity index (χ0v) is 10.6. The van der Waals surface area contributed by atoms with Crippen molar-refractivity contribution in [2.45, 2.75) is 25.3 Å². The van der Waals surface area contributed by atoms with Crippen LogP contribution in [0.5, 0.6) is 5.75 Å². The van der Waals surface area contributed by atoms with Crippen molar-refractivity contribution in [3.05, 3.63) is 29.8 Å². The highest BCUT2D eigenvalue weighted by atomic mass is 16.5. The number of nitrogens with zero attached hydrogens (tertiary/aromatic N) is 1. The van der Waals surface area contributed by atoms with Gasteiger partial charge in [-0.2, -0.15) is 0 Å². The van der Waals surface area contributed by atoms with E-state index in [1.807, 2.05) is 12.1 Å². The number of hydrogen-bond donors (Lipinski definition) is 1. The zero-order valence-electron chi connectivity index (χ0n) is 10.6. The summed E-state index contributed by atoms with van der Waals surface area (Å²) in [5.74, 6) is 0.918. The van der Waals surface area contributed by atoms with Crippen molar-refractivity contribution in [3.63, 3.8) is 0 Å². The molecule has 1 unspecified atom stereocenters. The summed E-state index contributed by atoms with van der Waals surface area (Å²) in [6.07, 6.45) is 3.67. The Kier molecular flexibility index (Phi) is 4.40. The molecule has 1 heterocycles. The number of nitrogens with two attached hydrogens (primary N) is 1. The van der Waals surface area contributed by atoms with Crippen LogP contribution in [0.4, 0.5) is 0 Å². The minimum Gasteiger partial charge on any atom is -0.497 e. The fourth-order valence-electron chi connectivity index (χ4n) is 2.60. The van der Waals surface area contributed by atoms with Crippen LogP contribution < -0.4 is 10.5 Å². The molecule has 17 heavy (non-hydrogen) atoms. The molecule has 0 radical (unpaired) electrons. The average molecular weight is 234 g/mol. The third-order valence-corrected chi connectivity index (χ3v) is 3.52. The normalized spacial score (nSPS) is 18.2. The van der Waals surface area contributed by atoms with Crippen LogP contribution in [0.15, 0.2) is 24.3 Å². The Hall–Kier alpha value is -1.06. The summed E-state index contributed by atoms with van der Waals surface area (Å²) in [6.45, 7) is 3.15. The van der Waals surface area contributed by atoms with Gasteiger partial charge in [0.15, 0.2) is 0 Å². The molecule has 0 bridgehead atoms. The van der Waals surface area contributed by atoms with Gasteiger partial charge < -0.3 is 10.5 Å². The smallest absolute Gasteiger partial charge is 0.118 e. The Balaban J connectivity index is 2.12. The zero-order chi connectivity index (χ0) is 12.1. The lowest BCUT2D eigenvalue weighted by atomic mass is 10.0. The van der Waals surface area contributed by atoms with Crippen molar-refractivity contribution < 1.29 is 4.74 Å². The Morgan fingerprint density at radius 1 is 1.24 bits per heavy atom. The maximum Gasteiger partial charge on any atom is 0.118 e. The number of likely N-dealkylation sites (tertiary alicyclic amines) is 1. The van der Waals surface area contributed by atoms with Gasteiger partial charge in [-0.3, -0.25) is 4.90 Å². The molecule has 2 rings (SSSR count). The topological polar surface area (TPSA) is 38.5 Å². The molecule has 0 saturated carbocycles. The molecule has 1 fully saturated rings. The molecule has 0 spiro atoms. The minimum atomic E-state index is 0.480. The Morgan fingerprint density at radius 2 is 1.88 bits per heavy atom. The van der Waals surface area contributed by atoms with E-state index < -0.39 is 0 Å². The molecule has 1 atom stereocenters. The van der Waals surface area contributed by atoms with Gasteiger partial charge in [0.05, 0.1) is 7.11 Å². The molecule has 1 saturated heterocycles. The van der Waals surface area contributed by atoms with Gasteiger partial charge in [-0.1, -0.05) is 12.1 Å². The first kappa shape index (κ1) is 12.4. The summed E-state index contributed by atoms with van der Waals surface area (Å²) in [6, 6.07) is 8.88. The Bertz CT molecular complexity index is 331. The molecule has 0 aliphatic carbocycles. The Labute approximate surface area is 104 Å². The van der Waals surface area contributed by atoms with Gasteiger partial charge in [0.1, 0.15) is 5.75 Å². The third-order valence-electron chi connectivity index (χ3n) is 3.52. The molecule has 1 aromatic rings. The van der Waals surface area contributed by atoms with Gasteiger partial charge in [0.25, 0.3) is 0 Å². The van der Waals surface area contributed by atoms with Crippen molar-refractivity contribution >= 4 is 0 Å². The molecule has 2 N–H and O–H groups in total. The monoisotopic (exact) mass is 234 g/mol. The van der Waals surface area contributed by atoms with E-state index in [2.05, 4.69) is 17.0 Å². The van der Waals surface area contributed by atoms with E-state index in [9.17, 15) is 0 Å². The van der Waals surface area contributed by atoms with Gasteiger partial charge in [0.2, 0.25) is 0 Å². The molecule has 3 heteroatoms. The van der Waals surface area contributed by atoms with Crippen molar-refractivity contribution in [1.29, 1.82) is 0 Å². The quantitative estimate of drug-likeness (QED) is 0.848. The standard InChI is InChI=1S/C14H22N2O/c1-17-13-6-4-12(5-7-13)14(8-9-15)16-10-2-3-11-16/h4-7,14H,2-3,8-11,15H2,1H3. The van der Waals surface area contributed by atoms with E-state index in [0.29, 0.717) is 6.04 Å². The molecule has 3 nitrogen and oxygen atoms in total. The van der Waals surface area contributed by atoms with Crippen molar-refractivity contribution in [2.75, 3.05) is 26.7 Å². The van der Waals surface area contributed by atoms with Gasteiger partial charge in [-0.05, 0) is 56.6 Å². The van der Waals surface area contributed by atoms with Crippen LogP contribution in [0.1, 0.15) is 30.9 Å². The van der Waals surface area contributed by atoms with Gasteiger partial charge in [-0.15, -0.1) is 0 Å². The molecule has 1 aromatic carbocycles. The van der Waals surface area contributed by atoms with Gasteiger partial charge >= 0.3 is 0 Å². The number of ether oxygens (including phenoxy) is 1. The first-order chi connectivity index (χ1) is 8.35. The molecule has 0 amide bonds. The number of rotatable bonds is 5. The van der Waals surface area contributed by atoms with Crippen LogP contribution in [-0.2, 0) is 0 Å². The first-order valence-electron chi connectivity index (χ1n) is 6.43. The molecule has 0 aromatic heterocycles. The average Bonchev–Trinajstić information content (AvgIpc) is 2.90. The third kappa shape index (κ3) is 2.99. The summed E-state index contributed by atoms with van der Waals surface area (Å²) in [7, 11) is 1.70. The second kappa shape index (κ2) is 6.03. The summed E-state index contributed by atoms with van der Waals surface area (Å²) in [5.41, 5.74) is 7.10. The Morgan fingerprint density at radius 3 is 2.41 bits per heavy atom. The van der Waals surface area contributed by atoms with Crippen molar-refractivity contribution in [1.82, 2.24) is 4.90 Å². The van der Waals surface area contributed by atoms with Crippen LogP contribution in [0, 0.1) is 0 Å². The largest absolute Gasteiger partial charge is 0.497 e. The van der Waals surface area contributed by atoms with Crippen LogP contribution in [0.3, 0.4) is 0 Å². The van der Waals surface area contributed by atoms with E-state index in [4.69, 9.17) is 10.5 Å². The van der Waals surface area contributed by atoms with E-state index >= 15 is 0 Å². The van der Waals surface area contributed by atoms with Gasteiger partial charge in [0, 0.05) is 6.04 Å². The lowest BCUT2D eigenvalue weighted by Gasteiger charge is -2.27. The second-order valence-electron chi connectivity index (χ2n) is 4.61. The summed E-state index contributed by atoms with van der Waals surface area (Å²) in [4.78, 5) is 2.55. The second-order valence-corrected chi connectivity index (χ2v) is 4.61. The predicted molar refractivity (Wildman–Crippen MR) is 70.2 cm³/mol. The highest BCUT2D eigenvalue weighted by Gasteiger charge is 2.22. The fraction of sp³-hybridized carbons (Fsp3) is 0.571. The number of benzene rings is 1. The van der Waals surface area contributed by atoms with Crippen LogP contribution >= 0.6 is 0 Å². The molecule has 94 valence electrons. The van der Waals surface area contributed by atoms with E-state index in [-0.39, 0.29) is 0 Å². The maximum absolute atomic E-state index is 5.74. The van der Waals surface area contributed by atoms with Crippen LogP contribution in [-0.4, -0.2) is 31.6 Å². The van der Waals surface area contributed by atoms with E-state index in [1.54, 1.807) is 7.11 Å². The molecule has 1 aliphatic heterocycles. The minimum absolute atomic E-state index is 0.480. The molecular weight excluding hydrogens is 212 g/mol.